The highest BCUT2D eigenvalue weighted by molar-refractivity contribution is 5.37. The number of benzene rings is 1. The molecule has 0 bridgehead atoms. The molecule has 1 N–H and O–H groups in total. The van der Waals surface area contributed by atoms with Gasteiger partial charge in [-0.3, -0.25) is 0 Å². The fraction of sp³-hybridized carbons (Fsp3) is 0.571. The number of hydrogen-bond donors (Lipinski definition) is 1. The molecule has 2 rings (SSSR count). The van der Waals surface area contributed by atoms with Gasteiger partial charge in [-0.15, -0.1) is 0 Å². The van der Waals surface area contributed by atoms with Crippen LogP contribution in [-0.2, 0) is 5.41 Å². The molecule has 1 fully saturated rings. The molecular weight excluding hydrogens is 198 g/mol. The molecule has 88 valence electrons. The lowest BCUT2D eigenvalue weighted by molar-refractivity contribution is 0.296. The molecule has 1 saturated heterocycles. The van der Waals surface area contributed by atoms with Gasteiger partial charge in [0, 0.05) is 11.0 Å². The lowest BCUT2D eigenvalue weighted by atomic mass is 9.69. The van der Waals surface area contributed by atoms with Crippen molar-refractivity contribution in [1.29, 1.82) is 0 Å². The molecule has 1 aromatic carbocycles. The summed E-state index contributed by atoms with van der Waals surface area (Å²) >= 11 is 0. The molecule has 1 aromatic rings. The van der Waals surface area contributed by atoms with Crippen molar-refractivity contribution < 1.29 is 4.74 Å². The fourth-order valence-electron chi connectivity index (χ4n) is 2.60. The van der Waals surface area contributed by atoms with Crippen molar-refractivity contribution >= 4 is 0 Å². The highest BCUT2D eigenvalue weighted by Crippen LogP contribution is 2.42. The summed E-state index contributed by atoms with van der Waals surface area (Å²) in [6.45, 7) is 7.97. The van der Waals surface area contributed by atoms with Crippen LogP contribution in [-0.4, -0.2) is 19.2 Å². The van der Waals surface area contributed by atoms with Gasteiger partial charge in [-0.25, -0.2) is 0 Å². The zero-order chi connectivity index (χ0) is 11.8. The largest absolute Gasteiger partial charge is 0.497 e. The maximum absolute atomic E-state index is 5.31. The van der Waals surface area contributed by atoms with Crippen LogP contribution in [0.15, 0.2) is 24.3 Å². The van der Waals surface area contributed by atoms with Gasteiger partial charge in [0.25, 0.3) is 0 Å². The van der Waals surface area contributed by atoms with E-state index in [2.05, 4.69) is 44.3 Å². The molecule has 1 unspecified atom stereocenters. The third-order valence-corrected chi connectivity index (χ3v) is 4.28. The summed E-state index contributed by atoms with van der Waals surface area (Å²) in [6.07, 6.45) is 1.17. The predicted octanol–water partition coefficient (Wildman–Crippen LogP) is 2.72. The van der Waals surface area contributed by atoms with E-state index in [9.17, 15) is 0 Å². The van der Waals surface area contributed by atoms with Gasteiger partial charge in [-0.05, 0) is 44.5 Å². The van der Waals surface area contributed by atoms with Crippen molar-refractivity contribution in [2.24, 2.45) is 0 Å². The molecule has 16 heavy (non-hydrogen) atoms. The first-order chi connectivity index (χ1) is 7.49. The van der Waals surface area contributed by atoms with Crippen LogP contribution < -0.4 is 10.1 Å². The molecule has 0 spiro atoms. The van der Waals surface area contributed by atoms with E-state index in [0.29, 0.717) is 0 Å². The summed E-state index contributed by atoms with van der Waals surface area (Å²) in [4.78, 5) is 0. The number of hydrogen-bond acceptors (Lipinski definition) is 2. The minimum Gasteiger partial charge on any atom is -0.497 e. The van der Waals surface area contributed by atoms with Crippen LogP contribution in [0, 0.1) is 0 Å². The third-order valence-electron chi connectivity index (χ3n) is 4.28. The summed E-state index contributed by atoms with van der Waals surface area (Å²) in [6, 6.07) is 8.45. The van der Waals surface area contributed by atoms with Gasteiger partial charge >= 0.3 is 0 Å². The van der Waals surface area contributed by atoms with Crippen LogP contribution in [0.2, 0.25) is 0 Å². The summed E-state index contributed by atoms with van der Waals surface area (Å²) in [5.74, 6) is 0.946. The summed E-state index contributed by atoms with van der Waals surface area (Å²) < 4.78 is 5.31. The van der Waals surface area contributed by atoms with E-state index in [1.807, 2.05) is 6.07 Å². The van der Waals surface area contributed by atoms with Gasteiger partial charge in [0.05, 0.1) is 7.11 Å². The molecule has 0 aliphatic carbocycles. The zero-order valence-electron chi connectivity index (χ0n) is 10.6. The van der Waals surface area contributed by atoms with Crippen LogP contribution >= 0.6 is 0 Å². The van der Waals surface area contributed by atoms with E-state index in [-0.39, 0.29) is 11.0 Å². The summed E-state index contributed by atoms with van der Waals surface area (Å²) in [5.41, 5.74) is 1.68. The summed E-state index contributed by atoms with van der Waals surface area (Å²) in [7, 11) is 1.72. The smallest absolute Gasteiger partial charge is 0.119 e. The first kappa shape index (κ1) is 11.5. The molecule has 0 aromatic heterocycles. The second-order valence-corrected chi connectivity index (χ2v) is 5.37. The van der Waals surface area contributed by atoms with E-state index < -0.39 is 0 Å². The SMILES string of the molecule is COc1cccc(C2(C)CCNC2(C)C)c1. The van der Waals surface area contributed by atoms with E-state index in [1.165, 1.54) is 12.0 Å². The third kappa shape index (κ3) is 1.61. The molecular formula is C14H21NO. The first-order valence-corrected chi connectivity index (χ1v) is 5.89. The number of rotatable bonds is 2. The van der Waals surface area contributed by atoms with Crippen LogP contribution in [0.25, 0.3) is 0 Å². The van der Waals surface area contributed by atoms with Crippen LogP contribution in [0.1, 0.15) is 32.8 Å². The maximum Gasteiger partial charge on any atom is 0.119 e. The molecule has 1 aliphatic rings. The monoisotopic (exact) mass is 219 g/mol. The highest BCUT2D eigenvalue weighted by Gasteiger charge is 2.46. The molecule has 2 nitrogen and oxygen atoms in total. The number of nitrogens with one attached hydrogen (secondary N) is 1. The van der Waals surface area contributed by atoms with Crippen molar-refractivity contribution in [2.75, 3.05) is 13.7 Å². The Balaban J connectivity index is 2.42. The second-order valence-electron chi connectivity index (χ2n) is 5.37. The van der Waals surface area contributed by atoms with Crippen molar-refractivity contribution in [3.05, 3.63) is 29.8 Å². The Kier molecular flexibility index (Phi) is 2.70. The van der Waals surface area contributed by atoms with Crippen molar-refractivity contribution in [3.8, 4) is 5.75 Å². The second kappa shape index (κ2) is 3.77. The molecule has 2 heteroatoms. The Morgan fingerprint density at radius 1 is 1.25 bits per heavy atom. The van der Waals surface area contributed by atoms with Gasteiger partial charge in [-0.2, -0.15) is 0 Å². The van der Waals surface area contributed by atoms with Gasteiger partial charge in [0.15, 0.2) is 0 Å². The minimum atomic E-state index is 0.138. The molecule has 0 amide bonds. The Bertz CT molecular complexity index is 386. The maximum atomic E-state index is 5.31. The quantitative estimate of drug-likeness (QED) is 0.825. The average molecular weight is 219 g/mol. The molecule has 0 radical (unpaired) electrons. The summed E-state index contributed by atoms with van der Waals surface area (Å²) in [5, 5.41) is 3.58. The van der Waals surface area contributed by atoms with Gasteiger partial charge in [0.1, 0.15) is 5.75 Å². The minimum absolute atomic E-state index is 0.138. The highest BCUT2D eigenvalue weighted by atomic mass is 16.5. The number of ether oxygens (including phenoxy) is 1. The molecule has 1 atom stereocenters. The van der Waals surface area contributed by atoms with Gasteiger partial charge in [-0.1, -0.05) is 19.1 Å². The molecule has 1 heterocycles. The van der Waals surface area contributed by atoms with Gasteiger partial charge in [0.2, 0.25) is 0 Å². The Morgan fingerprint density at radius 3 is 2.56 bits per heavy atom. The topological polar surface area (TPSA) is 21.3 Å². The fourth-order valence-corrected chi connectivity index (χ4v) is 2.60. The molecule has 0 saturated carbocycles. The predicted molar refractivity (Wildman–Crippen MR) is 67.0 cm³/mol. The van der Waals surface area contributed by atoms with Crippen LogP contribution in [0.4, 0.5) is 0 Å². The molecule has 1 aliphatic heterocycles. The Labute approximate surface area is 98.0 Å². The lowest BCUT2D eigenvalue weighted by Crippen LogP contribution is -2.47. The van der Waals surface area contributed by atoms with Crippen molar-refractivity contribution in [1.82, 2.24) is 5.32 Å². The van der Waals surface area contributed by atoms with Crippen molar-refractivity contribution in [3.63, 3.8) is 0 Å². The first-order valence-electron chi connectivity index (χ1n) is 5.89. The van der Waals surface area contributed by atoms with E-state index in [1.54, 1.807) is 7.11 Å². The van der Waals surface area contributed by atoms with E-state index >= 15 is 0 Å². The Hall–Kier alpha value is -1.02. The van der Waals surface area contributed by atoms with Crippen LogP contribution in [0.5, 0.6) is 5.75 Å². The number of methoxy groups -OCH3 is 1. The average Bonchev–Trinajstić information content (AvgIpc) is 2.55. The standard InChI is InChI=1S/C14H21NO/c1-13(2)14(3,8-9-15-13)11-6-5-7-12(10-11)16-4/h5-7,10,15H,8-9H2,1-4H3. The normalized spacial score (nSPS) is 28.0. The van der Waals surface area contributed by atoms with Gasteiger partial charge < -0.3 is 10.1 Å². The van der Waals surface area contributed by atoms with E-state index in [0.717, 1.165) is 12.3 Å². The van der Waals surface area contributed by atoms with Crippen LogP contribution in [0.3, 0.4) is 0 Å². The zero-order valence-corrected chi connectivity index (χ0v) is 10.6. The van der Waals surface area contributed by atoms with E-state index in [4.69, 9.17) is 4.74 Å². The Morgan fingerprint density at radius 2 is 2.00 bits per heavy atom. The lowest BCUT2D eigenvalue weighted by Gasteiger charge is -2.38. The van der Waals surface area contributed by atoms with Crippen molar-refractivity contribution in [2.45, 2.75) is 38.1 Å².